The lowest BCUT2D eigenvalue weighted by atomic mass is 9.86. The van der Waals surface area contributed by atoms with Crippen LogP contribution in [0.2, 0.25) is 0 Å². The first-order valence-corrected chi connectivity index (χ1v) is 6.98. The molecule has 2 aliphatic rings. The third-order valence-corrected chi connectivity index (χ3v) is 4.11. The summed E-state index contributed by atoms with van der Waals surface area (Å²) < 4.78 is 5.81. The molecule has 0 amide bonds. The van der Waals surface area contributed by atoms with Crippen LogP contribution in [0.4, 0.5) is 0 Å². The summed E-state index contributed by atoms with van der Waals surface area (Å²) in [6.45, 7) is 4.01. The van der Waals surface area contributed by atoms with Crippen molar-refractivity contribution >= 4 is 0 Å². The number of nitrogens with one attached hydrogen (secondary N) is 1. The van der Waals surface area contributed by atoms with E-state index in [1.165, 1.54) is 24.2 Å². The molecular weight excluding hydrogens is 222 g/mol. The van der Waals surface area contributed by atoms with Crippen molar-refractivity contribution in [2.75, 3.05) is 13.2 Å². The van der Waals surface area contributed by atoms with Gasteiger partial charge in [-0.05, 0) is 31.0 Å². The lowest BCUT2D eigenvalue weighted by molar-refractivity contribution is 0.202. The van der Waals surface area contributed by atoms with Crippen molar-refractivity contribution in [3.05, 3.63) is 47.7 Å². The molecule has 1 N–H and O–H groups in total. The highest BCUT2D eigenvalue weighted by Gasteiger charge is 2.52. The first kappa shape index (κ1) is 11.8. The lowest BCUT2D eigenvalue weighted by Gasteiger charge is -2.29. The summed E-state index contributed by atoms with van der Waals surface area (Å²) in [6, 6.07) is 11.2. The van der Waals surface area contributed by atoms with Crippen molar-refractivity contribution in [1.29, 1.82) is 0 Å². The molecule has 2 heteroatoms. The van der Waals surface area contributed by atoms with Gasteiger partial charge in [-0.2, -0.15) is 0 Å². The SMILES string of the molecule is CCNC(C1=CCCO1)C1(c2ccccc2)CC1. The molecule has 0 bridgehead atoms. The summed E-state index contributed by atoms with van der Waals surface area (Å²) in [5.74, 6) is 1.17. The molecular formula is C16H21NO. The van der Waals surface area contributed by atoms with Gasteiger partial charge in [0.1, 0.15) is 5.76 Å². The Labute approximate surface area is 109 Å². The van der Waals surface area contributed by atoms with Crippen LogP contribution in [0.15, 0.2) is 42.2 Å². The molecule has 1 fully saturated rings. The molecule has 0 spiro atoms. The summed E-state index contributed by atoms with van der Waals surface area (Å²) >= 11 is 0. The maximum absolute atomic E-state index is 5.81. The van der Waals surface area contributed by atoms with E-state index in [9.17, 15) is 0 Å². The second-order valence-electron chi connectivity index (χ2n) is 5.26. The van der Waals surface area contributed by atoms with Gasteiger partial charge in [0, 0.05) is 11.8 Å². The van der Waals surface area contributed by atoms with Crippen LogP contribution in [0.25, 0.3) is 0 Å². The topological polar surface area (TPSA) is 21.3 Å². The molecule has 1 aromatic rings. The van der Waals surface area contributed by atoms with Gasteiger partial charge in [0.15, 0.2) is 0 Å². The second-order valence-corrected chi connectivity index (χ2v) is 5.26. The van der Waals surface area contributed by atoms with Crippen molar-refractivity contribution in [2.24, 2.45) is 0 Å². The van der Waals surface area contributed by atoms with E-state index in [0.717, 1.165) is 19.6 Å². The number of ether oxygens (including phenoxy) is 1. The number of benzene rings is 1. The highest BCUT2D eigenvalue weighted by atomic mass is 16.5. The van der Waals surface area contributed by atoms with Gasteiger partial charge >= 0.3 is 0 Å². The van der Waals surface area contributed by atoms with Gasteiger partial charge in [0.05, 0.1) is 12.6 Å². The van der Waals surface area contributed by atoms with E-state index < -0.39 is 0 Å². The van der Waals surface area contributed by atoms with Gasteiger partial charge in [-0.3, -0.25) is 0 Å². The Kier molecular flexibility index (Phi) is 3.13. The molecule has 0 saturated heterocycles. The molecule has 0 aromatic heterocycles. The first-order valence-electron chi connectivity index (χ1n) is 6.98. The second kappa shape index (κ2) is 4.77. The van der Waals surface area contributed by atoms with Crippen LogP contribution in [-0.4, -0.2) is 19.2 Å². The molecule has 1 aliphatic heterocycles. The Balaban J connectivity index is 1.90. The van der Waals surface area contributed by atoms with E-state index >= 15 is 0 Å². The van der Waals surface area contributed by atoms with E-state index in [-0.39, 0.29) is 5.41 Å². The molecule has 18 heavy (non-hydrogen) atoms. The number of hydrogen-bond acceptors (Lipinski definition) is 2. The molecule has 0 radical (unpaired) electrons. The normalized spacial score (nSPS) is 22.2. The average Bonchev–Trinajstić information content (AvgIpc) is 3.04. The predicted octanol–water partition coefficient (Wildman–Crippen LogP) is 3.00. The van der Waals surface area contributed by atoms with Crippen molar-refractivity contribution in [3.63, 3.8) is 0 Å². The summed E-state index contributed by atoms with van der Waals surface area (Å²) in [6.07, 6.45) is 5.84. The van der Waals surface area contributed by atoms with Crippen molar-refractivity contribution in [3.8, 4) is 0 Å². The van der Waals surface area contributed by atoms with E-state index in [2.05, 4.69) is 48.6 Å². The van der Waals surface area contributed by atoms with Crippen molar-refractivity contribution < 1.29 is 4.74 Å². The van der Waals surface area contributed by atoms with Gasteiger partial charge in [0.2, 0.25) is 0 Å². The zero-order chi connectivity index (χ0) is 12.4. The minimum atomic E-state index is 0.271. The molecule has 2 nitrogen and oxygen atoms in total. The van der Waals surface area contributed by atoms with Crippen LogP contribution in [0, 0.1) is 0 Å². The molecule has 3 rings (SSSR count). The Bertz CT molecular complexity index is 434. The first-order chi connectivity index (χ1) is 8.87. The highest BCUT2D eigenvalue weighted by molar-refractivity contribution is 5.37. The van der Waals surface area contributed by atoms with E-state index in [4.69, 9.17) is 4.74 Å². The Morgan fingerprint density at radius 3 is 2.61 bits per heavy atom. The quantitative estimate of drug-likeness (QED) is 0.858. The fourth-order valence-corrected chi connectivity index (χ4v) is 3.06. The van der Waals surface area contributed by atoms with Crippen LogP contribution in [-0.2, 0) is 10.2 Å². The molecule has 1 aromatic carbocycles. The van der Waals surface area contributed by atoms with Gasteiger partial charge in [0.25, 0.3) is 0 Å². The number of likely N-dealkylation sites (N-methyl/N-ethyl adjacent to an activating group) is 1. The molecule has 1 unspecified atom stereocenters. The average molecular weight is 243 g/mol. The number of hydrogen-bond donors (Lipinski definition) is 1. The standard InChI is InChI=1S/C16H21NO/c1-2-17-15(14-9-6-12-18-14)16(10-11-16)13-7-4-3-5-8-13/h3-5,7-9,15,17H,2,6,10-12H2,1H3. The minimum absolute atomic E-state index is 0.271. The predicted molar refractivity (Wildman–Crippen MR) is 73.5 cm³/mol. The molecule has 1 atom stereocenters. The van der Waals surface area contributed by atoms with Gasteiger partial charge < -0.3 is 10.1 Å². The maximum atomic E-state index is 5.81. The lowest BCUT2D eigenvalue weighted by Crippen LogP contribution is -2.41. The van der Waals surface area contributed by atoms with Crippen LogP contribution >= 0.6 is 0 Å². The summed E-state index contributed by atoms with van der Waals surface area (Å²) in [5, 5.41) is 3.63. The van der Waals surface area contributed by atoms with Gasteiger partial charge in [-0.15, -0.1) is 0 Å². The molecule has 1 aliphatic carbocycles. The Morgan fingerprint density at radius 2 is 2.06 bits per heavy atom. The van der Waals surface area contributed by atoms with Crippen molar-refractivity contribution in [1.82, 2.24) is 5.32 Å². The summed E-state index contributed by atoms with van der Waals surface area (Å²) in [4.78, 5) is 0. The Hall–Kier alpha value is -1.28. The molecule has 1 heterocycles. The van der Waals surface area contributed by atoms with E-state index in [1.807, 2.05) is 0 Å². The summed E-state index contributed by atoms with van der Waals surface area (Å²) in [7, 11) is 0. The monoisotopic (exact) mass is 243 g/mol. The minimum Gasteiger partial charge on any atom is -0.496 e. The zero-order valence-electron chi connectivity index (χ0n) is 11.0. The van der Waals surface area contributed by atoms with Crippen LogP contribution in [0.5, 0.6) is 0 Å². The third-order valence-electron chi connectivity index (χ3n) is 4.11. The zero-order valence-corrected chi connectivity index (χ0v) is 11.0. The smallest absolute Gasteiger partial charge is 0.110 e. The third kappa shape index (κ3) is 1.95. The van der Waals surface area contributed by atoms with Crippen molar-refractivity contribution in [2.45, 2.75) is 37.6 Å². The van der Waals surface area contributed by atoms with Crippen LogP contribution in [0.1, 0.15) is 31.7 Å². The van der Waals surface area contributed by atoms with Crippen LogP contribution < -0.4 is 5.32 Å². The molecule has 96 valence electrons. The summed E-state index contributed by atoms with van der Waals surface area (Å²) in [5.41, 5.74) is 1.72. The van der Waals surface area contributed by atoms with Gasteiger partial charge in [-0.1, -0.05) is 37.3 Å². The molecule has 1 saturated carbocycles. The largest absolute Gasteiger partial charge is 0.496 e. The maximum Gasteiger partial charge on any atom is 0.110 e. The van der Waals surface area contributed by atoms with Crippen LogP contribution in [0.3, 0.4) is 0 Å². The van der Waals surface area contributed by atoms with Gasteiger partial charge in [-0.25, -0.2) is 0 Å². The Morgan fingerprint density at radius 1 is 1.28 bits per heavy atom. The fraction of sp³-hybridized carbons (Fsp3) is 0.500. The highest BCUT2D eigenvalue weighted by Crippen LogP contribution is 2.53. The van der Waals surface area contributed by atoms with E-state index in [0.29, 0.717) is 6.04 Å². The number of rotatable bonds is 5. The fourth-order valence-electron chi connectivity index (χ4n) is 3.06. The van der Waals surface area contributed by atoms with E-state index in [1.54, 1.807) is 0 Å².